The van der Waals surface area contributed by atoms with E-state index in [1.807, 2.05) is 19.1 Å². The van der Waals surface area contributed by atoms with Crippen LogP contribution < -0.4 is 5.73 Å². The Bertz CT molecular complexity index is 774. The van der Waals surface area contributed by atoms with Gasteiger partial charge in [0.05, 0.1) is 17.5 Å². The second kappa shape index (κ2) is 10.4. The number of nitrogens with two attached hydrogens (primary N) is 1. The molecule has 0 aromatic carbocycles. The lowest BCUT2D eigenvalue weighted by atomic mass is 10.1. The summed E-state index contributed by atoms with van der Waals surface area (Å²) in [6.45, 7) is 5.82. The van der Waals surface area contributed by atoms with Crippen molar-refractivity contribution < 1.29 is 14.4 Å². The molecule has 3 rings (SSSR count). The van der Waals surface area contributed by atoms with Crippen LogP contribution >= 0.6 is 11.3 Å². The molecule has 0 spiro atoms. The Labute approximate surface area is 164 Å². The van der Waals surface area contributed by atoms with E-state index in [0.717, 1.165) is 54.1 Å². The number of aliphatic hydroxyl groups is 1. The van der Waals surface area contributed by atoms with Crippen LogP contribution in [0.4, 0.5) is 0 Å². The molecule has 0 aliphatic heterocycles. The number of hydrogen-bond donors (Lipinski definition) is 2. The molecule has 6 nitrogen and oxygen atoms in total. The van der Waals surface area contributed by atoms with E-state index in [1.54, 1.807) is 6.92 Å². The Balaban J connectivity index is 0.000000369. The van der Waals surface area contributed by atoms with E-state index in [0.29, 0.717) is 10.6 Å². The summed E-state index contributed by atoms with van der Waals surface area (Å²) in [6, 6.07) is 0. The van der Waals surface area contributed by atoms with Crippen molar-refractivity contribution in [3.8, 4) is 0 Å². The topological polar surface area (TPSA) is 102 Å². The van der Waals surface area contributed by atoms with Gasteiger partial charge in [0.25, 0.3) is 5.91 Å². The van der Waals surface area contributed by atoms with Crippen LogP contribution in [0.3, 0.4) is 0 Å². The molecule has 148 valence electrons. The molecular formula is C20H29N3O3S. The van der Waals surface area contributed by atoms with Crippen LogP contribution in [-0.4, -0.2) is 27.3 Å². The van der Waals surface area contributed by atoms with Crippen molar-refractivity contribution in [2.45, 2.75) is 71.8 Å². The maximum Gasteiger partial charge on any atom is 0.260 e. The van der Waals surface area contributed by atoms with E-state index in [2.05, 4.69) is 17.1 Å². The van der Waals surface area contributed by atoms with Gasteiger partial charge >= 0.3 is 0 Å². The highest BCUT2D eigenvalue weighted by atomic mass is 32.1. The third-order valence-electron chi connectivity index (χ3n) is 4.50. The fourth-order valence-corrected chi connectivity index (χ4v) is 3.76. The van der Waals surface area contributed by atoms with Gasteiger partial charge in [-0.25, -0.2) is 4.98 Å². The number of nitrogens with zero attached hydrogens (tertiary/aromatic N) is 2. The van der Waals surface area contributed by atoms with E-state index in [-0.39, 0.29) is 6.10 Å². The minimum absolute atomic E-state index is 0.0463. The monoisotopic (exact) mass is 391 g/mol. The maximum absolute atomic E-state index is 11.2. The number of amides is 1. The first-order chi connectivity index (χ1) is 12.9. The molecular weight excluding hydrogens is 362 g/mol. The molecule has 0 saturated heterocycles. The number of aromatic nitrogens is 2. The van der Waals surface area contributed by atoms with Gasteiger partial charge < -0.3 is 15.4 Å². The molecule has 1 saturated carbocycles. The van der Waals surface area contributed by atoms with Crippen molar-refractivity contribution in [1.82, 2.24) is 10.1 Å². The molecule has 2 heterocycles. The number of aryl methyl sites for hydroxylation is 3. The molecule has 0 unspecified atom stereocenters. The molecule has 1 fully saturated rings. The standard InChI is InChI=1S/C15H19N3O2S.C5H10O/c1-4-5-6-12-11(10(3)20-18-12)7-8-13-17-9(2)14(21-13)15(16)19;6-5-3-1-2-4-5/h7-8H,4-6H2,1-3H3,(H2,16,19);5-6H,1-4H2/b8-7+;. The molecule has 3 N–H and O–H groups in total. The highest BCUT2D eigenvalue weighted by Crippen LogP contribution is 2.22. The van der Waals surface area contributed by atoms with Gasteiger partial charge in [-0.15, -0.1) is 11.3 Å². The molecule has 27 heavy (non-hydrogen) atoms. The summed E-state index contributed by atoms with van der Waals surface area (Å²) in [5, 5.41) is 13.6. The summed E-state index contributed by atoms with van der Waals surface area (Å²) in [4.78, 5) is 16.1. The zero-order chi connectivity index (χ0) is 19.8. The Morgan fingerprint density at radius 1 is 1.33 bits per heavy atom. The zero-order valence-electron chi connectivity index (χ0n) is 16.3. The first kappa shape index (κ1) is 21.3. The summed E-state index contributed by atoms with van der Waals surface area (Å²) in [5.41, 5.74) is 7.94. The van der Waals surface area contributed by atoms with E-state index < -0.39 is 5.91 Å². The molecule has 0 atom stereocenters. The summed E-state index contributed by atoms with van der Waals surface area (Å²) >= 11 is 1.30. The van der Waals surface area contributed by atoms with E-state index in [1.165, 1.54) is 24.2 Å². The Hall–Kier alpha value is -1.99. The van der Waals surface area contributed by atoms with Crippen LogP contribution in [0, 0.1) is 13.8 Å². The normalized spacial score (nSPS) is 14.5. The highest BCUT2D eigenvalue weighted by molar-refractivity contribution is 7.14. The average molecular weight is 392 g/mol. The number of hydrogen-bond acceptors (Lipinski definition) is 6. The quantitative estimate of drug-likeness (QED) is 0.765. The highest BCUT2D eigenvalue weighted by Gasteiger charge is 2.12. The van der Waals surface area contributed by atoms with Gasteiger partial charge in [0.2, 0.25) is 0 Å². The van der Waals surface area contributed by atoms with E-state index >= 15 is 0 Å². The van der Waals surface area contributed by atoms with Gasteiger partial charge in [0.15, 0.2) is 0 Å². The number of rotatable bonds is 6. The largest absolute Gasteiger partial charge is 0.393 e. The summed E-state index contributed by atoms with van der Waals surface area (Å²) in [5.74, 6) is 0.357. The van der Waals surface area contributed by atoms with Crippen LogP contribution in [0.1, 0.15) is 82.8 Å². The van der Waals surface area contributed by atoms with Crippen LogP contribution in [0.2, 0.25) is 0 Å². The van der Waals surface area contributed by atoms with Crippen LogP contribution in [0.5, 0.6) is 0 Å². The molecule has 0 bridgehead atoms. The lowest BCUT2D eigenvalue weighted by molar-refractivity contribution is 0.100. The smallest absolute Gasteiger partial charge is 0.260 e. The van der Waals surface area contributed by atoms with Gasteiger partial charge in [-0.05, 0) is 51.7 Å². The fraction of sp³-hybridized carbons (Fsp3) is 0.550. The predicted molar refractivity (Wildman–Crippen MR) is 109 cm³/mol. The molecule has 0 radical (unpaired) electrons. The number of unbranched alkanes of at least 4 members (excludes halogenated alkanes) is 1. The molecule has 2 aromatic rings. The van der Waals surface area contributed by atoms with Crippen molar-refractivity contribution in [1.29, 1.82) is 0 Å². The number of carbonyl (C=O) groups is 1. The second-order valence-electron chi connectivity index (χ2n) is 6.81. The van der Waals surface area contributed by atoms with Gasteiger partial charge in [0, 0.05) is 5.56 Å². The molecule has 1 aliphatic carbocycles. The predicted octanol–water partition coefficient (Wildman–Crippen LogP) is 4.28. The first-order valence-corrected chi connectivity index (χ1v) is 10.3. The van der Waals surface area contributed by atoms with Crippen LogP contribution in [0.15, 0.2) is 4.52 Å². The number of aliphatic hydroxyl groups excluding tert-OH is 1. The maximum atomic E-state index is 11.2. The van der Waals surface area contributed by atoms with Crippen molar-refractivity contribution >= 4 is 29.4 Å². The van der Waals surface area contributed by atoms with Crippen molar-refractivity contribution in [3.05, 3.63) is 32.6 Å². The van der Waals surface area contributed by atoms with Gasteiger partial charge in [-0.2, -0.15) is 0 Å². The van der Waals surface area contributed by atoms with Gasteiger partial charge in [0.1, 0.15) is 15.6 Å². The Morgan fingerprint density at radius 3 is 2.56 bits per heavy atom. The van der Waals surface area contributed by atoms with Crippen LogP contribution in [-0.2, 0) is 6.42 Å². The first-order valence-electron chi connectivity index (χ1n) is 9.50. The van der Waals surface area contributed by atoms with E-state index in [9.17, 15) is 4.79 Å². The third-order valence-corrected chi connectivity index (χ3v) is 5.64. The average Bonchev–Trinajstić information content (AvgIpc) is 3.33. The number of thiazole rings is 1. The van der Waals surface area contributed by atoms with Crippen LogP contribution in [0.25, 0.3) is 12.2 Å². The zero-order valence-corrected chi connectivity index (χ0v) is 17.1. The summed E-state index contributed by atoms with van der Waals surface area (Å²) in [7, 11) is 0. The lowest BCUT2D eigenvalue weighted by Crippen LogP contribution is -2.09. The lowest BCUT2D eigenvalue weighted by Gasteiger charge is -1.95. The minimum atomic E-state index is -0.436. The summed E-state index contributed by atoms with van der Waals surface area (Å²) < 4.78 is 5.26. The molecule has 1 aliphatic rings. The van der Waals surface area contributed by atoms with Gasteiger partial charge in [-0.3, -0.25) is 4.79 Å². The number of primary amides is 1. The number of carbonyl (C=O) groups excluding carboxylic acids is 1. The van der Waals surface area contributed by atoms with E-state index in [4.69, 9.17) is 15.4 Å². The Kier molecular flexibility index (Phi) is 8.19. The van der Waals surface area contributed by atoms with Crippen molar-refractivity contribution in [2.75, 3.05) is 0 Å². The van der Waals surface area contributed by atoms with Crippen molar-refractivity contribution in [2.24, 2.45) is 5.73 Å². The third kappa shape index (κ3) is 6.29. The summed E-state index contributed by atoms with van der Waals surface area (Å²) in [6.07, 6.45) is 11.5. The van der Waals surface area contributed by atoms with Crippen molar-refractivity contribution in [3.63, 3.8) is 0 Å². The minimum Gasteiger partial charge on any atom is -0.393 e. The molecule has 2 aromatic heterocycles. The SMILES string of the molecule is CCCCc1noc(C)c1/C=C/c1nc(C)c(C(N)=O)s1.OC1CCCC1. The molecule has 1 amide bonds. The Morgan fingerprint density at radius 2 is 2.04 bits per heavy atom. The molecule has 7 heteroatoms. The van der Waals surface area contributed by atoms with Gasteiger partial charge in [-0.1, -0.05) is 31.3 Å². The second-order valence-corrected chi connectivity index (χ2v) is 7.84. The fourth-order valence-electron chi connectivity index (χ4n) is 2.94.